The molecule has 2 saturated heterocycles. The molecule has 4 heterocycles. The van der Waals surface area contributed by atoms with Gasteiger partial charge < -0.3 is 29.7 Å². The number of rotatable bonds is 5. The third-order valence-electron chi connectivity index (χ3n) is 6.02. The van der Waals surface area contributed by atoms with Gasteiger partial charge in [0.25, 0.3) is 0 Å². The molecule has 0 spiro atoms. The fourth-order valence-corrected chi connectivity index (χ4v) is 3.99. The van der Waals surface area contributed by atoms with Crippen LogP contribution in [0.5, 0.6) is 5.75 Å². The molecule has 2 aliphatic heterocycles. The zero-order valence-electron chi connectivity index (χ0n) is 21.4. The van der Waals surface area contributed by atoms with Gasteiger partial charge in [0.05, 0.1) is 32.6 Å². The van der Waals surface area contributed by atoms with Gasteiger partial charge in [0.2, 0.25) is 11.9 Å². The first-order valence-electron chi connectivity index (χ1n) is 12.1. The van der Waals surface area contributed by atoms with E-state index in [-0.39, 0.29) is 23.5 Å². The predicted octanol–water partition coefficient (Wildman–Crippen LogP) is 3.58. The molecule has 0 bridgehead atoms. The summed E-state index contributed by atoms with van der Waals surface area (Å²) in [6.45, 7) is 5.43. The quantitative estimate of drug-likeness (QED) is 0.506. The maximum absolute atomic E-state index is 13.2. The van der Waals surface area contributed by atoms with Gasteiger partial charge in [-0.05, 0) is 30.7 Å². The van der Waals surface area contributed by atoms with Crippen LogP contribution in [0.15, 0.2) is 42.7 Å². The Bertz CT molecular complexity index is 1290. The summed E-state index contributed by atoms with van der Waals surface area (Å²) in [6, 6.07) is 9.00. The maximum atomic E-state index is 13.2. The first kappa shape index (κ1) is 27.8. The molecule has 2 N–H and O–H groups in total. The number of benzene rings is 1. The molecule has 2 aliphatic rings. The lowest BCUT2D eigenvalue weighted by atomic mass is 10.1. The number of cyclic esters (lactones) is 1. The van der Waals surface area contributed by atoms with Gasteiger partial charge >= 0.3 is 12.3 Å². The molecule has 0 saturated carbocycles. The molecule has 1 aromatic carbocycles. The lowest BCUT2D eigenvalue weighted by molar-refractivity contribution is -0.140. The van der Waals surface area contributed by atoms with E-state index in [1.165, 1.54) is 12.3 Å². The number of nitrogen functional groups attached to an aromatic ring is 1. The Kier molecular flexibility index (Phi) is 8.64. The number of ether oxygens (including phenoxy) is 3. The van der Waals surface area contributed by atoms with Crippen LogP contribution in [0.1, 0.15) is 24.3 Å². The van der Waals surface area contributed by atoms with Crippen LogP contribution in [0.2, 0.25) is 0 Å². The highest BCUT2D eigenvalue weighted by Gasteiger charge is 2.37. The topological polar surface area (TPSA) is 129 Å². The van der Waals surface area contributed by atoms with E-state index in [2.05, 4.69) is 19.9 Å². The summed E-state index contributed by atoms with van der Waals surface area (Å²) in [6.07, 6.45) is -2.64. The van der Waals surface area contributed by atoms with Crippen LogP contribution in [-0.2, 0) is 15.7 Å². The number of carbonyl (C=O) groups excluding carboxylic acids is 1. The summed E-state index contributed by atoms with van der Waals surface area (Å²) >= 11 is 0. The number of hydrogen-bond acceptors (Lipinski definition) is 10. The average Bonchev–Trinajstić information content (AvgIpc) is 3.34. The Morgan fingerprint density at radius 2 is 1.92 bits per heavy atom. The smallest absolute Gasteiger partial charge is 0.434 e. The van der Waals surface area contributed by atoms with E-state index < -0.39 is 17.8 Å². The van der Waals surface area contributed by atoms with Gasteiger partial charge in [-0.1, -0.05) is 12.1 Å². The van der Waals surface area contributed by atoms with Crippen molar-refractivity contribution < 1.29 is 32.2 Å². The van der Waals surface area contributed by atoms with E-state index in [0.717, 1.165) is 17.5 Å². The molecule has 208 valence electrons. The summed E-state index contributed by atoms with van der Waals surface area (Å²) in [5, 5.41) is 0. The second-order valence-corrected chi connectivity index (χ2v) is 8.52. The van der Waals surface area contributed by atoms with E-state index in [1.54, 1.807) is 12.0 Å². The molecule has 0 aliphatic carbocycles. The average molecular weight is 548 g/mol. The number of morpholine rings is 1. The highest BCUT2D eigenvalue weighted by molar-refractivity contribution is 5.70. The standard InChI is InChI=1S/C13H13F3N6O.C12H15NO3/c14-13(15,16)10-8(7-19-11(17)21-10)9-1-2-18-12(20-9)22-3-5-23-6-4-22;1-3-13-8-11(16-12(13)14)9-5-4-6-10(7-9)15-2/h1-2,7H,3-6H2,(H2,17,19,21);4-7,11H,3,8H2,1-2H3. The summed E-state index contributed by atoms with van der Waals surface area (Å²) in [7, 11) is 1.62. The Morgan fingerprint density at radius 1 is 1.15 bits per heavy atom. The van der Waals surface area contributed by atoms with Crippen molar-refractivity contribution in [3.8, 4) is 17.0 Å². The molecule has 5 rings (SSSR count). The molecule has 3 aromatic rings. The summed E-state index contributed by atoms with van der Waals surface area (Å²) in [4.78, 5) is 30.2. The third-order valence-corrected chi connectivity index (χ3v) is 6.02. The number of carbonyl (C=O) groups is 1. The highest BCUT2D eigenvalue weighted by Crippen LogP contribution is 2.35. The molecular formula is C25H28F3N7O4. The molecule has 2 fully saturated rings. The second-order valence-electron chi connectivity index (χ2n) is 8.52. The summed E-state index contributed by atoms with van der Waals surface area (Å²) in [5.41, 5.74) is 4.99. The monoisotopic (exact) mass is 547 g/mol. The fourth-order valence-electron chi connectivity index (χ4n) is 3.99. The lowest BCUT2D eigenvalue weighted by Crippen LogP contribution is -2.37. The number of aromatic nitrogens is 4. The molecule has 39 heavy (non-hydrogen) atoms. The van der Waals surface area contributed by atoms with Gasteiger partial charge in [0.15, 0.2) is 5.69 Å². The molecular weight excluding hydrogens is 519 g/mol. The Labute approximate surface area is 222 Å². The van der Waals surface area contributed by atoms with E-state index >= 15 is 0 Å². The normalized spacial score (nSPS) is 17.4. The van der Waals surface area contributed by atoms with Crippen molar-refractivity contribution >= 4 is 18.0 Å². The Balaban J connectivity index is 0.000000193. The zero-order valence-corrected chi connectivity index (χ0v) is 21.4. The first-order valence-corrected chi connectivity index (χ1v) is 12.1. The van der Waals surface area contributed by atoms with Crippen LogP contribution in [0.3, 0.4) is 0 Å². The van der Waals surface area contributed by atoms with E-state index in [4.69, 9.17) is 19.9 Å². The van der Waals surface area contributed by atoms with Crippen molar-refractivity contribution in [3.63, 3.8) is 0 Å². The largest absolute Gasteiger partial charge is 0.497 e. The van der Waals surface area contributed by atoms with Crippen LogP contribution >= 0.6 is 0 Å². The summed E-state index contributed by atoms with van der Waals surface area (Å²) in [5.74, 6) is 0.683. The van der Waals surface area contributed by atoms with Gasteiger partial charge in [-0.15, -0.1) is 0 Å². The van der Waals surface area contributed by atoms with Crippen molar-refractivity contribution in [2.24, 2.45) is 0 Å². The third kappa shape index (κ3) is 6.82. The van der Waals surface area contributed by atoms with Gasteiger partial charge in [-0.25, -0.2) is 24.7 Å². The Hall–Kier alpha value is -4.20. The van der Waals surface area contributed by atoms with E-state index in [1.807, 2.05) is 36.1 Å². The number of likely N-dealkylation sites (N-methyl/N-ethyl adjacent to an activating group) is 1. The zero-order chi connectivity index (χ0) is 28.0. The second kappa shape index (κ2) is 12.1. The van der Waals surface area contributed by atoms with Crippen molar-refractivity contribution in [2.75, 3.05) is 57.1 Å². The number of anilines is 2. The van der Waals surface area contributed by atoms with E-state index in [0.29, 0.717) is 45.3 Å². The van der Waals surface area contributed by atoms with Crippen LogP contribution in [-0.4, -0.2) is 77.4 Å². The van der Waals surface area contributed by atoms with Crippen molar-refractivity contribution in [2.45, 2.75) is 19.2 Å². The SMILES string of the molecule is CCN1CC(c2cccc(OC)c2)OC1=O.Nc1ncc(-c2ccnc(N3CCOCC3)n2)c(C(F)(F)F)n1. The molecule has 11 nitrogen and oxygen atoms in total. The first-order chi connectivity index (χ1) is 18.7. The van der Waals surface area contributed by atoms with Crippen LogP contribution < -0.4 is 15.4 Å². The van der Waals surface area contributed by atoms with Crippen molar-refractivity contribution in [1.82, 2.24) is 24.8 Å². The minimum atomic E-state index is -4.66. The summed E-state index contributed by atoms with van der Waals surface area (Å²) < 4.78 is 55.1. The highest BCUT2D eigenvalue weighted by atomic mass is 19.4. The van der Waals surface area contributed by atoms with Gasteiger partial charge in [0.1, 0.15) is 11.9 Å². The Morgan fingerprint density at radius 3 is 2.59 bits per heavy atom. The van der Waals surface area contributed by atoms with E-state index in [9.17, 15) is 18.0 Å². The number of amides is 1. The molecule has 1 amide bonds. The number of alkyl halides is 3. The molecule has 14 heteroatoms. The lowest BCUT2D eigenvalue weighted by Gasteiger charge is -2.26. The van der Waals surface area contributed by atoms with Gasteiger partial charge in [0, 0.05) is 37.6 Å². The molecule has 1 unspecified atom stereocenters. The van der Waals surface area contributed by atoms with Crippen LogP contribution in [0.25, 0.3) is 11.3 Å². The maximum Gasteiger partial charge on any atom is 0.434 e. The predicted molar refractivity (Wildman–Crippen MR) is 135 cm³/mol. The van der Waals surface area contributed by atoms with Crippen LogP contribution in [0.4, 0.5) is 29.9 Å². The number of nitrogens with zero attached hydrogens (tertiary/aromatic N) is 6. The number of hydrogen-bond donors (Lipinski definition) is 1. The molecule has 1 atom stereocenters. The molecule has 0 radical (unpaired) electrons. The van der Waals surface area contributed by atoms with Crippen LogP contribution in [0, 0.1) is 0 Å². The fraction of sp³-hybridized carbons (Fsp3) is 0.400. The number of halogens is 3. The van der Waals surface area contributed by atoms with Crippen molar-refractivity contribution in [1.29, 1.82) is 0 Å². The van der Waals surface area contributed by atoms with Gasteiger partial charge in [-0.3, -0.25) is 0 Å². The van der Waals surface area contributed by atoms with Crippen molar-refractivity contribution in [3.05, 3.63) is 54.0 Å². The minimum Gasteiger partial charge on any atom is -0.497 e. The number of nitrogens with two attached hydrogens (primary N) is 1. The van der Waals surface area contributed by atoms with Gasteiger partial charge in [-0.2, -0.15) is 13.2 Å². The minimum absolute atomic E-state index is 0.0915. The number of methoxy groups -OCH3 is 1. The molecule has 2 aromatic heterocycles.